The molecule has 0 aliphatic heterocycles. The number of amides is 2. The van der Waals surface area contributed by atoms with Crippen molar-refractivity contribution in [3.63, 3.8) is 0 Å². The minimum atomic E-state index is -0.730. The van der Waals surface area contributed by atoms with Crippen LogP contribution in [0.1, 0.15) is 18.4 Å². The lowest BCUT2D eigenvalue weighted by atomic mass is 10.2. The molecule has 6 nitrogen and oxygen atoms in total. The number of para-hydroxylation sites is 1. The van der Waals surface area contributed by atoms with Gasteiger partial charge in [0, 0.05) is 5.69 Å². The highest BCUT2D eigenvalue weighted by Gasteiger charge is 2.22. The summed E-state index contributed by atoms with van der Waals surface area (Å²) >= 11 is 1.56. The molecule has 1 aromatic rings. The van der Waals surface area contributed by atoms with E-state index in [1.807, 2.05) is 25.3 Å². The van der Waals surface area contributed by atoms with E-state index in [0.29, 0.717) is 17.9 Å². The molecule has 0 radical (unpaired) electrons. The Balaban J connectivity index is 2.54. The van der Waals surface area contributed by atoms with Gasteiger partial charge in [0.05, 0.1) is 7.11 Å². The molecule has 2 amide bonds. The number of hydrogen-bond acceptors (Lipinski definition) is 5. The third-order valence-corrected chi connectivity index (χ3v) is 3.82. The Kier molecular flexibility index (Phi) is 8.18. The van der Waals surface area contributed by atoms with Crippen molar-refractivity contribution in [2.45, 2.75) is 25.8 Å². The number of carbonyl (C=O) groups is 3. The molecule has 1 atom stereocenters. The van der Waals surface area contributed by atoms with Gasteiger partial charge in [0.25, 0.3) is 0 Å². The van der Waals surface area contributed by atoms with E-state index in [-0.39, 0.29) is 6.42 Å². The average molecular weight is 338 g/mol. The third kappa shape index (κ3) is 6.73. The molecule has 0 saturated heterocycles. The molecule has 0 spiro atoms. The molecule has 0 saturated carbocycles. The van der Waals surface area contributed by atoms with Gasteiger partial charge in [0.15, 0.2) is 0 Å². The Morgan fingerprint density at radius 3 is 2.52 bits per heavy atom. The number of thioether (sulfide) groups is 1. The molecule has 1 aromatic carbocycles. The van der Waals surface area contributed by atoms with E-state index >= 15 is 0 Å². The van der Waals surface area contributed by atoms with Crippen molar-refractivity contribution in [3.8, 4) is 0 Å². The van der Waals surface area contributed by atoms with Crippen molar-refractivity contribution in [1.82, 2.24) is 5.32 Å². The first kappa shape index (κ1) is 19.0. The molecule has 2 N–H and O–H groups in total. The number of nitrogens with one attached hydrogen (secondary N) is 2. The van der Waals surface area contributed by atoms with Crippen LogP contribution >= 0.6 is 11.8 Å². The number of methoxy groups -OCH3 is 1. The van der Waals surface area contributed by atoms with E-state index in [1.54, 1.807) is 23.9 Å². The molecule has 0 aliphatic rings. The molecule has 0 heterocycles. The zero-order valence-corrected chi connectivity index (χ0v) is 14.4. The predicted molar refractivity (Wildman–Crippen MR) is 91.4 cm³/mol. The molecule has 0 bridgehead atoms. The van der Waals surface area contributed by atoms with Gasteiger partial charge in [-0.2, -0.15) is 11.8 Å². The highest BCUT2D eigenvalue weighted by molar-refractivity contribution is 7.98. The highest BCUT2D eigenvalue weighted by atomic mass is 32.2. The van der Waals surface area contributed by atoms with Crippen LogP contribution in [0, 0.1) is 6.92 Å². The van der Waals surface area contributed by atoms with Crippen LogP contribution in [-0.4, -0.2) is 42.9 Å². The summed E-state index contributed by atoms with van der Waals surface area (Å²) in [6.07, 6.45) is 2.02. The summed E-state index contributed by atoms with van der Waals surface area (Å²) in [7, 11) is 1.27. The smallest absolute Gasteiger partial charge is 0.328 e. The van der Waals surface area contributed by atoms with Gasteiger partial charge < -0.3 is 15.4 Å². The van der Waals surface area contributed by atoms with E-state index < -0.39 is 23.8 Å². The number of hydrogen-bond donors (Lipinski definition) is 2. The van der Waals surface area contributed by atoms with Crippen LogP contribution in [0.15, 0.2) is 24.3 Å². The molecule has 0 aromatic heterocycles. The lowest BCUT2D eigenvalue weighted by molar-refractivity contribution is -0.145. The molecule has 23 heavy (non-hydrogen) atoms. The Morgan fingerprint density at radius 1 is 1.22 bits per heavy atom. The molecular formula is C16H22N2O4S. The number of ether oxygens (including phenoxy) is 1. The lowest BCUT2D eigenvalue weighted by Gasteiger charge is -2.16. The summed E-state index contributed by atoms with van der Waals surface area (Å²) in [4.78, 5) is 35.5. The normalized spacial score (nSPS) is 11.4. The fourth-order valence-corrected chi connectivity index (χ4v) is 2.40. The molecule has 126 valence electrons. The van der Waals surface area contributed by atoms with Crippen LogP contribution in [-0.2, 0) is 19.1 Å². The molecular weight excluding hydrogens is 316 g/mol. The van der Waals surface area contributed by atoms with Crippen LogP contribution in [0.25, 0.3) is 0 Å². The second-order valence-electron chi connectivity index (χ2n) is 4.96. The topological polar surface area (TPSA) is 84.5 Å². The molecule has 0 unspecified atom stereocenters. The Bertz CT molecular complexity index is 563. The van der Waals surface area contributed by atoms with Crippen molar-refractivity contribution < 1.29 is 19.1 Å². The largest absolute Gasteiger partial charge is 0.467 e. The summed E-state index contributed by atoms with van der Waals surface area (Å²) in [5.74, 6) is -0.736. The van der Waals surface area contributed by atoms with Gasteiger partial charge >= 0.3 is 5.97 Å². The van der Waals surface area contributed by atoms with Gasteiger partial charge in [-0.1, -0.05) is 18.2 Å². The van der Waals surface area contributed by atoms with E-state index in [2.05, 4.69) is 15.4 Å². The number of benzene rings is 1. The molecule has 1 rings (SSSR count). The Labute approximate surface area is 140 Å². The maximum Gasteiger partial charge on any atom is 0.328 e. The quantitative estimate of drug-likeness (QED) is 0.557. The van der Waals surface area contributed by atoms with Crippen LogP contribution in [0.3, 0.4) is 0 Å². The van der Waals surface area contributed by atoms with Crippen LogP contribution in [0.4, 0.5) is 5.69 Å². The van der Waals surface area contributed by atoms with Crippen molar-refractivity contribution >= 4 is 35.2 Å². The van der Waals surface area contributed by atoms with Gasteiger partial charge in [-0.15, -0.1) is 0 Å². The van der Waals surface area contributed by atoms with Crippen LogP contribution in [0.5, 0.6) is 0 Å². The van der Waals surface area contributed by atoms with E-state index in [1.165, 1.54) is 7.11 Å². The predicted octanol–water partition coefficient (Wildman–Crippen LogP) is 1.73. The van der Waals surface area contributed by atoms with Crippen molar-refractivity contribution in [2.75, 3.05) is 24.4 Å². The Morgan fingerprint density at radius 2 is 1.91 bits per heavy atom. The zero-order chi connectivity index (χ0) is 17.2. The van der Waals surface area contributed by atoms with Crippen molar-refractivity contribution in [1.29, 1.82) is 0 Å². The lowest BCUT2D eigenvalue weighted by Crippen LogP contribution is -2.43. The van der Waals surface area contributed by atoms with Crippen molar-refractivity contribution in [2.24, 2.45) is 0 Å². The number of esters is 1. The number of carbonyl (C=O) groups excluding carboxylic acids is 3. The fraction of sp³-hybridized carbons (Fsp3) is 0.438. The van der Waals surface area contributed by atoms with Gasteiger partial charge in [0.1, 0.15) is 12.5 Å². The molecule has 7 heteroatoms. The first-order valence-corrected chi connectivity index (χ1v) is 8.59. The minimum absolute atomic E-state index is 0.346. The van der Waals surface area contributed by atoms with Gasteiger partial charge in [-0.05, 0) is 37.0 Å². The summed E-state index contributed by atoms with van der Waals surface area (Å²) in [6.45, 7) is 1.87. The Hall–Kier alpha value is -2.02. The maximum atomic E-state index is 11.9. The maximum absolute atomic E-state index is 11.9. The third-order valence-electron chi connectivity index (χ3n) is 3.17. The van der Waals surface area contributed by atoms with E-state index in [0.717, 1.165) is 5.56 Å². The SMILES string of the molecule is COC(=O)[C@@H](CCSC)NC(=O)CC(=O)Nc1ccccc1C. The standard InChI is InChI=1S/C16H22N2O4S/c1-11-6-4-5-7-12(11)17-14(19)10-15(20)18-13(8-9-23-3)16(21)22-2/h4-7,13H,8-10H2,1-3H3,(H,17,19)(H,18,20)/t13-/m1/s1. The van der Waals surface area contributed by atoms with Gasteiger partial charge in [-0.25, -0.2) is 4.79 Å². The monoisotopic (exact) mass is 338 g/mol. The van der Waals surface area contributed by atoms with Gasteiger partial charge in [-0.3, -0.25) is 9.59 Å². The van der Waals surface area contributed by atoms with Crippen LogP contribution < -0.4 is 10.6 Å². The molecule has 0 aliphatic carbocycles. The van der Waals surface area contributed by atoms with E-state index in [4.69, 9.17) is 0 Å². The van der Waals surface area contributed by atoms with Crippen LogP contribution in [0.2, 0.25) is 0 Å². The summed E-state index contributed by atoms with van der Waals surface area (Å²) in [6, 6.07) is 6.57. The number of aryl methyl sites for hydroxylation is 1. The van der Waals surface area contributed by atoms with Gasteiger partial charge in [0.2, 0.25) is 11.8 Å². The summed E-state index contributed by atoms with van der Waals surface area (Å²) < 4.78 is 4.66. The number of anilines is 1. The summed E-state index contributed by atoms with van der Waals surface area (Å²) in [5, 5.41) is 5.23. The summed E-state index contributed by atoms with van der Waals surface area (Å²) in [5.41, 5.74) is 1.57. The fourth-order valence-electron chi connectivity index (χ4n) is 1.93. The second-order valence-corrected chi connectivity index (χ2v) is 5.95. The highest BCUT2D eigenvalue weighted by Crippen LogP contribution is 2.13. The number of rotatable bonds is 8. The first-order valence-electron chi connectivity index (χ1n) is 7.19. The minimum Gasteiger partial charge on any atom is -0.467 e. The van der Waals surface area contributed by atoms with E-state index in [9.17, 15) is 14.4 Å². The second kappa shape index (κ2) is 9.89. The average Bonchev–Trinajstić information content (AvgIpc) is 2.52. The zero-order valence-electron chi connectivity index (χ0n) is 13.5. The molecule has 0 fully saturated rings. The van der Waals surface area contributed by atoms with Crippen molar-refractivity contribution in [3.05, 3.63) is 29.8 Å². The first-order chi connectivity index (χ1) is 11.0.